The first-order valence-corrected chi connectivity index (χ1v) is 5.01. The van der Waals surface area contributed by atoms with Gasteiger partial charge >= 0.3 is 0 Å². The standard InChI is InChI=1S/C10H8N2S/c11-10-12-9-7-4-2-1-3-6(7)5-8(9)13-10/h1-3,5H,4H2,(H2,11,12). The molecule has 0 atom stereocenters. The molecule has 0 aromatic carbocycles. The molecule has 1 aromatic heterocycles. The number of nitrogen functional groups attached to an aromatic ring is 1. The number of anilines is 1. The number of hydrogen-bond acceptors (Lipinski definition) is 3. The number of allylic oxidation sites excluding steroid dienone is 4. The van der Waals surface area contributed by atoms with Crippen molar-refractivity contribution in [2.45, 2.75) is 6.42 Å². The first-order chi connectivity index (χ1) is 6.34. The number of thiazole rings is 1. The topological polar surface area (TPSA) is 38.9 Å². The van der Waals surface area contributed by atoms with Gasteiger partial charge in [0, 0.05) is 0 Å². The van der Waals surface area contributed by atoms with Crippen molar-refractivity contribution in [3.05, 3.63) is 33.7 Å². The predicted octanol–water partition coefficient (Wildman–Crippen LogP) is 0.556. The summed E-state index contributed by atoms with van der Waals surface area (Å²) in [7, 11) is 0. The summed E-state index contributed by atoms with van der Waals surface area (Å²) in [5.41, 5.74) is 8.27. The molecular formula is C10H8N2S. The van der Waals surface area contributed by atoms with E-state index in [1.807, 2.05) is 0 Å². The average molecular weight is 188 g/mol. The van der Waals surface area contributed by atoms with Gasteiger partial charge in [-0.25, -0.2) is 4.98 Å². The van der Waals surface area contributed by atoms with Gasteiger partial charge in [-0.2, -0.15) is 0 Å². The summed E-state index contributed by atoms with van der Waals surface area (Å²) in [5, 5.41) is 1.76. The summed E-state index contributed by atoms with van der Waals surface area (Å²) in [5.74, 6) is 0. The van der Waals surface area contributed by atoms with Gasteiger partial charge in [0.05, 0.1) is 9.88 Å². The van der Waals surface area contributed by atoms with E-state index in [0.717, 1.165) is 11.8 Å². The van der Waals surface area contributed by atoms with Crippen LogP contribution in [-0.4, -0.2) is 4.98 Å². The van der Waals surface area contributed by atoms with Gasteiger partial charge in [0.2, 0.25) is 0 Å². The molecule has 1 heterocycles. The summed E-state index contributed by atoms with van der Waals surface area (Å²) >= 11 is 1.56. The molecule has 3 heteroatoms. The van der Waals surface area contributed by atoms with Crippen molar-refractivity contribution in [1.82, 2.24) is 4.98 Å². The minimum Gasteiger partial charge on any atom is -0.375 e. The summed E-state index contributed by atoms with van der Waals surface area (Å²) in [6.07, 6.45) is 9.52. The van der Waals surface area contributed by atoms with Gasteiger partial charge in [-0.1, -0.05) is 29.6 Å². The highest BCUT2D eigenvalue weighted by Crippen LogP contribution is 2.23. The molecule has 0 radical (unpaired) electrons. The second kappa shape index (κ2) is 2.33. The molecule has 2 N–H and O–H groups in total. The maximum atomic E-state index is 5.65. The fraction of sp³-hybridized carbons (Fsp3) is 0.100. The van der Waals surface area contributed by atoms with E-state index in [-0.39, 0.29) is 0 Å². The maximum absolute atomic E-state index is 5.65. The Morgan fingerprint density at radius 3 is 3.31 bits per heavy atom. The molecule has 2 aliphatic carbocycles. The lowest BCUT2D eigenvalue weighted by atomic mass is 10.0. The van der Waals surface area contributed by atoms with Gasteiger partial charge in [-0.3, -0.25) is 0 Å². The molecule has 0 spiro atoms. The molecule has 1 aromatic rings. The quantitative estimate of drug-likeness (QED) is 0.646. The van der Waals surface area contributed by atoms with Crippen LogP contribution in [-0.2, 0) is 0 Å². The second-order valence-electron chi connectivity index (χ2n) is 3.14. The maximum Gasteiger partial charge on any atom is 0.181 e. The molecule has 2 nitrogen and oxygen atoms in total. The highest BCUT2D eigenvalue weighted by molar-refractivity contribution is 7.13. The third-order valence-electron chi connectivity index (χ3n) is 2.32. The van der Waals surface area contributed by atoms with Gasteiger partial charge in [-0.15, -0.1) is 0 Å². The average Bonchev–Trinajstić information content (AvgIpc) is 2.60. The molecule has 0 saturated carbocycles. The summed E-state index contributed by atoms with van der Waals surface area (Å²) in [6, 6.07) is 0. The zero-order valence-electron chi connectivity index (χ0n) is 6.95. The number of fused-ring (bicyclic) bond motifs is 2. The smallest absolute Gasteiger partial charge is 0.181 e. The second-order valence-corrected chi connectivity index (χ2v) is 4.20. The molecule has 3 rings (SSSR count). The largest absolute Gasteiger partial charge is 0.375 e. The molecule has 0 fully saturated rings. The molecule has 0 saturated heterocycles. The van der Waals surface area contributed by atoms with Crippen molar-refractivity contribution in [3.63, 3.8) is 0 Å². The Morgan fingerprint density at radius 1 is 1.46 bits per heavy atom. The van der Waals surface area contributed by atoms with E-state index < -0.39 is 0 Å². The number of nitrogens with zero attached hydrogens (tertiary/aromatic N) is 1. The fourth-order valence-corrected chi connectivity index (χ4v) is 2.56. The monoisotopic (exact) mass is 188 g/mol. The first-order valence-electron chi connectivity index (χ1n) is 4.19. The van der Waals surface area contributed by atoms with Crippen molar-refractivity contribution in [2.75, 3.05) is 5.73 Å². The van der Waals surface area contributed by atoms with E-state index >= 15 is 0 Å². The van der Waals surface area contributed by atoms with Gasteiger partial charge < -0.3 is 5.73 Å². The number of rotatable bonds is 0. The van der Waals surface area contributed by atoms with Crippen molar-refractivity contribution in [2.24, 2.45) is 0 Å². The summed E-state index contributed by atoms with van der Waals surface area (Å²) in [4.78, 5) is 4.33. The van der Waals surface area contributed by atoms with Gasteiger partial charge in [0.25, 0.3) is 0 Å². The van der Waals surface area contributed by atoms with Crippen LogP contribution < -0.4 is 15.6 Å². The molecule has 0 amide bonds. The number of aromatic nitrogens is 1. The van der Waals surface area contributed by atoms with E-state index in [2.05, 4.69) is 29.3 Å². The summed E-state index contributed by atoms with van der Waals surface area (Å²) in [6.45, 7) is 0. The number of hydrogen-bond donors (Lipinski definition) is 1. The first kappa shape index (κ1) is 7.09. The molecule has 13 heavy (non-hydrogen) atoms. The van der Waals surface area contributed by atoms with E-state index in [1.165, 1.54) is 15.7 Å². The lowest BCUT2D eigenvalue weighted by molar-refractivity contribution is 1.26. The minimum atomic E-state index is 0.669. The van der Waals surface area contributed by atoms with Crippen LogP contribution in [0.1, 0.15) is 6.42 Å². The van der Waals surface area contributed by atoms with E-state index in [1.54, 1.807) is 11.3 Å². The highest BCUT2D eigenvalue weighted by atomic mass is 32.1. The van der Waals surface area contributed by atoms with Gasteiger partial charge in [0.15, 0.2) is 5.13 Å². The third-order valence-corrected chi connectivity index (χ3v) is 3.16. The van der Waals surface area contributed by atoms with Crippen LogP contribution in [0.25, 0.3) is 11.6 Å². The summed E-state index contributed by atoms with van der Waals surface area (Å²) < 4.78 is 1.21. The highest BCUT2D eigenvalue weighted by Gasteiger charge is 2.14. The van der Waals surface area contributed by atoms with Crippen LogP contribution >= 0.6 is 11.3 Å². The van der Waals surface area contributed by atoms with Gasteiger partial charge in [-0.05, 0) is 23.6 Å². The van der Waals surface area contributed by atoms with E-state index in [0.29, 0.717) is 5.13 Å². The molecule has 64 valence electrons. The number of nitrogens with two attached hydrogens (primary N) is 1. The van der Waals surface area contributed by atoms with Crippen molar-refractivity contribution < 1.29 is 0 Å². The van der Waals surface area contributed by atoms with Crippen molar-refractivity contribution in [3.8, 4) is 0 Å². The fourth-order valence-electron chi connectivity index (χ4n) is 1.75. The van der Waals surface area contributed by atoms with Crippen LogP contribution in [0.4, 0.5) is 5.13 Å². The van der Waals surface area contributed by atoms with Crippen LogP contribution in [0, 0.1) is 0 Å². The van der Waals surface area contributed by atoms with Crippen LogP contribution in [0.2, 0.25) is 0 Å². The van der Waals surface area contributed by atoms with Crippen LogP contribution in [0.5, 0.6) is 0 Å². The van der Waals surface area contributed by atoms with Crippen LogP contribution in [0.15, 0.2) is 23.8 Å². The zero-order valence-corrected chi connectivity index (χ0v) is 7.77. The molecule has 2 aliphatic rings. The molecule has 0 unspecified atom stereocenters. The van der Waals surface area contributed by atoms with Gasteiger partial charge in [0.1, 0.15) is 0 Å². The lowest BCUT2D eigenvalue weighted by Gasteiger charge is -2.03. The normalized spacial score (nSPS) is 17.8. The van der Waals surface area contributed by atoms with Crippen LogP contribution in [0.3, 0.4) is 0 Å². The molecular weight excluding hydrogens is 180 g/mol. The predicted molar refractivity (Wildman–Crippen MR) is 55.5 cm³/mol. The Bertz CT molecular complexity index is 546. The van der Waals surface area contributed by atoms with Crippen molar-refractivity contribution in [1.29, 1.82) is 0 Å². The third kappa shape index (κ3) is 0.906. The Labute approximate surface area is 79.4 Å². The van der Waals surface area contributed by atoms with E-state index in [4.69, 9.17) is 5.73 Å². The molecule has 0 aliphatic heterocycles. The molecule has 0 bridgehead atoms. The lowest BCUT2D eigenvalue weighted by Crippen LogP contribution is -2.19. The Balaban J connectivity index is 2.42. The SMILES string of the molecule is Nc1nc2c(s1)=CC1=CC=CCC=21. The minimum absolute atomic E-state index is 0.669. The Morgan fingerprint density at radius 2 is 2.38 bits per heavy atom. The van der Waals surface area contributed by atoms with E-state index in [9.17, 15) is 0 Å². The van der Waals surface area contributed by atoms with Crippen molar-refractivity contribution >= 4 is 28.1 Å². The Hall–Kier alpha value is -1.35. The Kier molecular flexibility index (Phi) is 1.27. The zero-order chi connectivity index (χ0) is 8.84.